The molecule has 2 aromatic carbocycles. The van der Waals surface area contributed by atoms with Crippen molar-refractivity contribution in [3.05, 3.63) is 76.6 Å². The number of nitrogens with one attached hydrogen (secondary N) is 1. The lowest BCUT2D eigenvalue weighted by Gasteiger charge is -2.13. The molecule has 0 fully saturated rings. The van der Waals surface area contributed by atoms with Gasteiger partial charge in [-0.1, -0.05) is 43.3 Å². The maximum Gasteiger partial charge on any atom is 0.339 e. The van der Waals surface area contributed by atoms with Crippen molar-refractivity contribution in [2.24, 2.45) is 0 Å². The van der Waals surface area contributed by atoms with E-state index < -0.39 is 5.97 Å². The number of carbonyl (C=O) groups excluding carboxylic acids is 2. The van der Waals surface area contributed by atoms with Gasteiger partial charge in [-0.3, -0.25) is 9.78 Å². The van der Waals surface area contributed by atoms with Crippen molar-refractivity contribution in [2.45, 2.75) is 27.2 Å². The van der Waals surface area contributed by atoms with Gasteiger partial charge in [0.2, 0.25) is 5.78 Å². The topological polar surface area (TPSA) is 72.0 Å². The van der Waals surface area contributed by atoms with E-state index in [1.165, 1.54) is 0 Å². The molecule has 0 aliphatic carbocycles. The van der Waals surface area contributed by atoms with E-state index in [1.54, 1.807) is 0 Å². The summed E-state index contributed by atoms with van der Waals surface area (Å²) in [7, 11) is 0. The van der Waals surface area contributed by atoms with Crippen molar-refractivity contribution in [1.82, 2.24) is 9.97 Å². The monoisotopic (exact) mass is 386 g/mol. The van der Waals surface area contributed by atoms with E-state index in [1.807, 2.05) is 69.3 Å². The molecule has 0 bridgehead atoms. The number of para-hydroxylation sites is 2. The summed E-state index contributed by atoms with van der Waals surface area (Å²) in [4.78, 5) is 33.6. The molecule has 0 amide bonds. The van der Waals surface area contributed by atoms with Crippen LogP contribution in [0, 0.1) is 13.8 Å². The summed E-state index contributed by atoms with van der Waals surface area (Å²) in [6, 6.07) is 15.1. The number of fused-ring (bicyclic) bond motifs is 2. The van der Waals surface area contributed by atoms with E-state index in [9.17, 15) is 9.59 Å². The average Bonchev–Trinajstić information content (AvgIpc) is 3.07. The molecule has 2 aromatic heterocycles. The van der Waals surface area contributed by atoms with Crippen LogP contribution in [-0.4, -0.2) is 28.3 Å². The first-order valence-corrected chi connectivity index (χ1v) is 9.67. The molecule has 146 valence electrons. The molecule has 0 unspecified atom stereocenters. The zero-order valence-electron chi connectivity index (χ0n) is 16.7. The van der Waals surface area contributed by atoms with E-state index in [0.717, 1.165) is 38.8 Å². The normalized spacial score (nSPS) is 11.1. The second-order valence-electron chi connectivity index (χ2n) is 7.10. The van der Waals surface area contributed by atoms with Crippen molar-refractivity contribution in [3.63, 3.8) is 0 Å². The largest absolute Gasteiger partial charge is 0.454 e. The number of rotatable bonds is 5. The Morgan fingerprint density at radius 1 is 0.966 bits per heavy atom. The zero-order chi connectivity index (χ0) is 20.5. The highest BCUT2D eigenvalue weighted by Crippen LogP contribution is 2.25. The Bertz CT molecular complexity index is 1250. The van der Waals surface area contributed by atoms with Crippen molar-refractivity contribution >= 4 is 33.6 Å². The fraction of sp³-hybridized carbons (Fsp3) is 0.208. The first kappa shape index (κ1) is 18.9. The Hall–Kier alpha value is -3.47. The number of aromatic nitrogens is 2. The van der Waals surface area contributed by atoms with Gasteiger partial charge >= 0.3 is 5.97 Å². The van der Waals surface area contributed by atoms with Crippen LogP contribution in [0.15, 0.2) is 48.5 Å². The molecule has 0 radical (unpaired) electrons. The van der Waals surface area contributed by atoms with Crippen molar-refractivity contribution in [2.75, 3.05) is 6.61 Å². The van der Waals surface area contributed by atoms with E-state index in [0.29, 0.717) is 17.5 Å². The summed E-state index contributed by atoms with van der Waals surface area (Å²) in [6.07, 6.45) is 0.713. The third-order valence-electron chi connectivity index (χ3n) is 5.28. The lowest BCUT2D eigenvalue weighted by atomic mass is 10.0. The molecule has 0 saturated heterocycles. The Balaban J connectivity index is 1.64. The van der Waals surface area contributed by atoms with Crippen molar-refractivity contribution in [1.29, 1.82) is 0 Å². The fourth-order valence-electron chi connectivity index (χ4n) is 3.88. The molecule has 0 saturated carbocycles. The minimum absolute atomic E-state index is 0.222. The van der Waals surface area contributed by atoms with Gasteiger partial charge in [0.15, 0.2) is 6.61 Å². The molecule has 4 rings (SSSR count). The predicted octanol–water partition coefficient (Wildman–Crippen LogP) is 4.94. The van der Waals surface area contributed by atoms with Gasteiger partial charge in [0, 0.05) is 33.2 Å². The average molecular weight is 386 g/mol. The number of ketones is 1. The number of nitrogens with zero attached hydrogens (tertiary/aromatic N) is 1. The van der Waals surface area contributed by atoms with Crippen molar-refractivity contribution in [3.8, 4) is 0 Å². The molecule has 0 atom stereocenters. The van der Waals surface area contributed by atoms with Crippen LogP contribution in [0.3, 0.4) is 0 Å². The Kier molecular flexibility index (Phi) is 4.89. The standard InChI is InChI=1S/C24H22N2O3/c1-4-18-14(2)22(16-9-5-8-12-20(16)26-18)24(28)29-13-21(27)23-15(3)25-19-11-7-6-10-17(19)23/h5-12,25H,4,13H2,1-3H3. The zero-order valence-corrected chi connectivity index (χ0v) is 16.7. The molecular formula is C24H22N2O3. The fourth-order valence-corrected chi connectivity index (χ4v) is 3.88. The number of hydrogen-bond donors (Lipinski definition) is 1. The molecule has 1 N–H and O–H groups in total. The minimum atomic E-state index is -0.498. The maximum atomic E-state index is 13.0. The first-order valence-electron chi connectivity index (χ1n) is 9.67. The van der Waals surface area contributed by atoms with Crippen LogP contribution in [0.4, 0.5) is 0 Å². The number of benzene rings is 2. The summed E-state index contributed by atoms with van der Waals surface area (Å²) in [5.74, 6) is -0.721. The van der Waals surface area contributed by atoms with Gasteiger partial charge in [0.25, 0.3) is 0 Å². The second-order valence-corrected chi connectivity index (χ2v) is 7.10. The SMILES string of the molecule is CCc1nc2ccccc2c(C(=O)OCC(=O)c2c(C)[nH]c3ccccc23)c1C. The molecule has 0 aliphatic rings. The molecule has 29 heavy (non-hydrogen) atoms. The highest BCUT2D eigenvalue weighted by molar-refractivity contribution is 6.11. The quantitative estimate of drug-likeness (QED) is 0.390. The van der Waals surface area contributed by atoms with E-state index >= 15 is 0 Å². The molecule has 2 heterocycles. The van der Waals surface area contributed by atoms with Gasteiger partial charge in [0.1, 0.15) is 0 Å². The van der Waals surface area contributed by atoms with Crippen LogP contribution in [0.2, 0.25) is 0 Å². The van der Waals surface area contributed by atoms with Crippen LogP contribution in [0.5, 0.6) is 0 Å². The second kappa shape index (κ2) is 7.51. The number of aryl methyl sites for hydroxylation is 2. The number of pyridine rings is 1. The third-order valence-corrected chi connectivity index (χ3v) is 5.28. The highest BCUT2D eigenvalue weighted by atomic mass is 16.5. The molecular weight excluding hydrogens is 364 g/mol. The van der Waals surface area contributed by atoms with Gasteiger partial charge in [-0.05, 0) is 38.0 Å². The van der Waals surface area contributed by atoms with Gasteiger partial charge in [-0.15, -0.1) is 0 Å². The number of esters is 1. The van der Waals surface area contributed by atoms with Gasteiger partial charge in [-0.25, -0.2) is 4.79 Å². The number of Topliss-reactive ketones (excluding diaryl/α,β-unsaturated/α-hetero) is 1. The summed E-state index contributed by atoms with van der Waals surface area (Å²) in [5, 5.41) is 1.58. The van der Waals surface area contributed by atoms with E-state index in [2.05, 4.69) is 9.97 Å². The number of H-pyrrole nitrogens is 1. The lowest BCUT2D eigenvalue weighted by Crippen LogP contribution is -2.17. The molecule has 0 aliphatic heterocycles. The molecule has 4 aromatic rings. The summed E-state index contributed by atoms with van der Waals surface area (Å²) in [6.45, 7) is 5.42. The predicted molar refractivity (Wildman–Crippen MR) is 114 cm³/mol. The third kappa shape index (κ3) is 3.29. The Labute approximate surface area is 168 Å². The van der Waals surface area contributed by atoms with Gasteiger partial charge < -0.3 is 9.72 Å². The van der Waals surface area contributed by atoms with Crippen LogP contribution in [0.25, 0.3) is 21.8 Å². The smallest absolute Gasteiger partial charge is 0.339 e. The lowest BCUT2D eigenvalue weighted by molar-refractivity contribution is 0.0476. The highest BCUT2D eigenvalue weighted by Gasteiger charge is 2.21. The number of carbonyl (C=O) groups is 2. The Morgan fingerprint density at radius 3 is 2.41 bits per heavy atom. The first-order chi connectivity index (χ1) is 14.0. The van der Waals surface area contributed by atoms with Gasteiger partial charge in [0.05, 0.1) is 11.1 Å². The number of ether oxygens (including phenoxy) is 1. The summed E-state index contributed by atoms with van der Waals surface area (Å²) in [5.41, 5.74) is 5.12. The maximum absolute atomic E-state index is 13.0. The summed E-state index contributed by atoms with van der Waals surface area (Å²) < 4.78 is 5.48. The molecule has 0 spiro atoms. The number of aromatic amines is 1. The Morgan fingerprint density at radius 2 is 1.66 bits per heavy atom. The summed E-state index contributed by atoms with van der Waals surface area (Å²) >= 11 is 0. The molecule has 5 heteroatoms. The molecule has 5 nitrogen and oxygen atoms in total. The van der Waals surface area contributed by atoms with Crippen LogP contribution in [0.1, 0.15) is 44.6 Å². The van der Waals surface area contributed by atoms with Crippen LogP contribution >= 0.6 is 0 Å². The minimum Gasteiger partial charge on any atom is -0.454 e. The van der Waals surface area contributed by atoms with Crippen LogP contribution in [-0.2, 0) is 11.2 Å². The van der Waals surface area contributed by atoms with E-state index in [4.69, 9.17) is 4.74 Å². The van der Waals surface area contributed by atoms with Crippen molar-refractivity contribution < 1.29 is 14.3 Å². The number of hydrogen-bond acceptors (Lipinski definition) is 4. The van der Waals surface area contributed by atoms with Gasteiger partial charge in [-0.2, -0.15) is 0 Å². The van der Waals surface area contributed by atoms with Crippen LogP contribution < -0.4 is 0 Å². The van der Waals surface area contributed by atoms with E-state index in [-0.39, 0.29) is 12.4 Å².